The Labute approximate surface area is 94.3 Å². The lowest BCUT2D eigenvalue weighted by molar-refractivity contribution is 0.0937. The first-order valence-corrected chi connectivity index (χ1v) is 5.46. The number of amides is 1. The predicted octanol–water partition coefficient (Wildman–Crippen LogP) is 1.63. The van der Waals surface area contributed by atoms with Gasteiger partial charge < -0.3 is 5.32 Å². The van der Waals surface area contributed by atoms with Gasteiger partial charge in [0.05, 0.1) is 5.56 Å². The van der Waals surface area contributed by atoms with Crippen LogP contribution in [0, 0.1) is 11.3 Å². The zero-order valence-corrected chi connectivity index (χ0v) is 8.94. The second-order valence-corrected chi connectivity index (χ2v) is 4.00. The Kier molecular flexibility index (Phi) is 3.16. The maximum atomic E-state index is 11.8. The van der Waals surface area contributed by atoms with Crippen molar-refractivity contribution in [1.29, 1.82) is 5.26 Å². The Morgan fingerprint density at radius 1 is 1.44 bits per heavy atom. The molecule has 1 amide bonds. The van der Waals surface area contributed by atoms with E-state index in [9.17, 15) is 4.79 Å². The lowest BCUT2D eigenvalue weighted by Crippen LogP contribution is -2.32. The molecule has 0 bridgehead atoms. The quantitative estimate of drug-likeness (QED) is 0.815. The molecule has 0 unspecified atom stereocenters. The largest absolute Gasteiger partial charge is 0.349 e. The minimum atomic E-state index is -0.0936. The first kappa shape index (κ1) is 10.6. The molecule has 4 nitrogen and oxygen atoms in total. The van der Waals surface area contributed by atoms with Crippen molar-refractivity contribution in [2.75, 3.05) is 0 Å². The van der Waals surface area contributed by atoms with E-state index >= 15 is 0 Å². The average Bonchev–Trinajstić information content (AvgIpc) is 2.82. The van der Waals surface area contributed by atoms with E-state index in [2.05, 4.69) is 10.3 Å². The fourth-order valence-electron chi connectivity index (χ4n) is 1.93. The molecule has 4 heteroatoms. The smallest absolute Gasteiger partial charge is 0.253 e. The van der Waals surface area contributed by atoms with Crippen molar-refractivity contribution >= 4 is 5.91 Å². The lowest BCUT2D eigenvalue weighted by atomic mass is 10.2. The zero-order chi connectivity index (χ0) is 11.4. The molecule has 0 spiro atoms. The third-order valence-electron chi connectivity index (χ3n) is 2.83. The van der Waals surface area contributed by atoms with Gasteiger partial charge in [-0.15, -0.1) is 0 Å². The predicted molar refractivity (Wildman–Crippen MR) is 58.7 cm³/mol. The number of nitrogens with zero attached hydrogens (tertiary/aromatic N) is 2. The van der Waals surface area contributed by atoms with E-state index in [1.807, 2.05) is 6.07 Å². The summed E-state index contributed by atoms with van der Waals surface area (Å²) in [6, 6.07) is 5.43. The maximum Gasteiger partial charge on any atom is 0.253 e. The SMILES string of the molecule is N#Cc1ccc(C(=O)NC2CCCC2)cn1. The van der Waals surface area contributed by atoms with Crippen LogP contribution in [0.3, 0.4) is 0 Å². The van der Waals surface area contributed by atoms with Gasteiger partial charge in [-0.2, -0.15) is 5.26 Å². The molecule has 0 aromatic carbocycles. The van der Waals surface area contributed by atoms with Crippen molar-refractivity contribution in [3.63, 3.8) is 0 Å². The Balaban J connectivity index is 2.00. The van der Waals surface area contributed by atoms with Crippen LogP contribution in [-0.2, 0) is 0 Å². The highest BCUT2D eigenvalue weighted by Crippen LogP contribution is 2.18. The number of rotatable bonds is 2. The van der Waals surface area contributed by atoms with Crippen LogP contribution in [0.2, 0.25) is 0 Å². The summed E-state index contributed by atoms with van der Waals surface area (Å²) in [5.41, 5.74) is 0.850. The van der Waals surface area contributed by atoms with Crippen LogP contribution < -0.4 is 5.32 Å². The van der Waals surface area contributed by atoms with Gasteiger partial charge in [0.1, 0.15) is 11.8 Å². The van der Waals surface area contributed by atoms with E-state index in [0.717, 1.165) is 12.8 Å². The highest BCUT2D eigenvalue weighted by Gasteiger charge is 2.17. The monoisotopic (exact) mass is 215 g/mol. The molecule has 16 heavy (non-hydrogen) atoms. The van der Waals surface area contributed by atoms with Crippen LogP contribution in [0.5, 0.6) is 0 Å². The molecule has 0 atom stereocenters. The van der Waals surface area contributed by atoms with E-state index in [1.54, 1.807) is 12.1 Å². The van der Waals surface area contributed by atoms with Gasteiger partial charge in [-0.3, -0.25) is 4.79 Å². The molecule has 2 rings (SSSR count). The first-order chi connectivity index (χ1) is 7.79. The molecule has 0 radical (unpaired) electrons. The summed E-state index contributed by atoms with van der Waals surface area (Å²) in [4.78, 5) is 15.6. The van der Waals surface area contributed by atoms with Crippen LogP contribution in [0.25, 0.3) is 0 Å². The van der Waals surface area contributed by atoms with Crippen LogP contribution in [0.1, 0.15) is 41.7 Å². The molecule has 0 saturated heterocycles. The summed E-state index contributed by atoms with van der Waals surface area (Å²) in [6.45, 7) is 0. The number of nitrogens with one attached hydrogen (secondary N) is 1. The number of nitriles is 1. The molecule has 1 saturated carbocycles. The Morgan fingerprint density at radius 3 is 2.75 bits per heavy atom. The second-order valence-electron chi connectivity index (χ2n) is 4.00. The number of aromatic nitrogens is 1. The zero-order valence-electron chi connectivity index (χ0n) is 8.94. The van der Waals surface area contributed by atoms with Crippen molar-refractivity contribution in [2.24, 2.45) is 0 Å². The van der Waals surface area contributed by atoms with E-state index < -0.39 is 0 Å². The van der Waals surface area contributed by atoms with Gasteiger partial charge in [-0.1, -0.05) is 12.8 Å². The molecular weight excluding hydrogens is 202 g/mol. The van der Waals surface area contributed by atoms with Crippen molar-refractivity contribution < 1.29 is 4.79 Å². The van der Waals surface area contributed by atoms with Gasteiger partial charge in [0.25, 0.3) is 5.91 Å². The number of hydrogen-bond donors (Lipinski definition) is 1. The van der Waals surface area contributed by atoms with E-state index in [-0.39, 0.29) is 5.91 Å². The standard InChI is InChI=1S/C12H13N3O/c13-7-11-6-5-9(8-14-11)12(16)15-10-3-1-2-4-10/h5-6,8,10H,1-4H2,(H,15,16). The average molecular weight is 215 g/mol. The Hall–Kier alpha value is -1.89. The summed E-state index contributed by atoms with van der Waals surface area (Å²) in [7, 11) is 0. The molecule has 82 valence electrons. The molecule has 1 fully saturated rings. The van der Waals surface area contributed by atoms with Crippen LogP contribution in [0.15, 0.2) is 18.3 Å². The molecule has 1 aliphatic carbocycles. The summed E-state index contributed by atoms with van der Waals surface area (Å²) >= 11 is 0. The first-order valence-electron chi connectivity index (χ1n) is 5.46. The van der Waals surface area contributed by atoms with Gasteiger partial charge >= 0.3 is 0 Å². The Bertz CT molecular complexity index is 413. The lowest BCUT2D eigenvalue weighted by Gasteiger charge is -2.11. The van der Waals surface area contributed by atoms with Gasteiger partial charge in [-0.25, -0.2) is 4.98 Å². The number of carbonyl (C=O) groups is 1. The minimum absolute atomic E-state index is 0.0936. The molecule has 1 aromatic heterocycles. The van der Waals surface area contributed by atoms with Crippen molar-refractivity contribution in [2.45, 2.75) is 31.7 Å². The summed E-state index contributed by atoms with van der Waals surface area (Å²) in [5.74, 6) is -0.0936. The minimum Gasteiger partial charge on any atom is -0.349 e. The number of hydrogen-bond acceptors (Lipinski definition) is 3. The normalized spacial score (nSPS) is 15.7. The number of pyridine rings is 1. The highest BCUT2D eigenvalue weighted by molar-refractivity contribution is 5.94. The van der Waals surface area contributed by atoms with Crippen LogP contribution >= 0.6 is 0 Å². The highest BCUT2D eigenvalue weighted by atomic mass is 16.1. The third-order valence-corrected chi connectivity index (χ3v) is 2.83. The van der Waals surface area contributed by atoms with Gasteiger partial charge in [-0.05, 0) is 25.0 Å². The maximum absolute atomic E-state index is 11.8. The van der Waals surface area contributed by atoms with Gasteiger partial charge in [0, 0.05) is 12.2 Å². The fraction of sp³-hybridized carbons (Fsp3) is 0.417. The van der Waals surface area contributed by atoms with Crippen molar-refractivity contribution in [1.82, 2.24) is 10.3 Å². The molecule has 0 aliphatic heterocycles. The third kappa shape index (κ3) is 2.37. The Morgan fingerprint density at radius 2 is 2.19 bits per heavy atom. The van der Waals surface area contributed by atoms with Crippen LogP contribution in [-0.4, -0.2) is 16.9 Å². The van der Waals surface area contributed by atoms with E-state index in [1.165, 1.54) is 19.0 Å². The molecule has 1 heterocycles. The fourth-order valence-corrected chi connectivity index (χ4v) is 1.93. The topological polar surface area (TPSA) is 65.8 Å². The van der Waals surface area contributed by atoms with E-state index in [0.29, 0.717) is 17.3 Å². The molecule has 1 aliphatic rings. The number of carbonyl (C=O) groups excluding carboxylic acids is 1. The van der Waals surface area contributed by atoms with Crippen LogP contribution in [0.4, 0.5) is 0 Å². The van der Waals surface area contributed by atoms with Crippen molar-refractivity contribution in [3.8, 4) is 6.07 Å². The summed E-state index contributed by atoms with van der Waals surface area (Å²) in [5, 5.41) is 11.6. The summed E-state index contributed by atoms with van der Waals surface area (Å²) < 4.78 is 0. The molecule has 1 aromatic rings. The van der Waals surface area contributed by atoms with Crippen molar-refractivity contribution in [3.05, 3.63) is 29.6 Å². The summed E-state index contributed by atoms with van der Waals surface area (Å²) in [6.07, 6.45) is 5.96. The molecule has 1 N–H and O–H groups in total. The molecular formula is C12H13N3O. The van der Waals surface area contributed by atoms with Gasteiger partial charge in [0.2, 0.25) is 0 Å². The van der Waals surface area contributed by atoms with Gasteiger partial charge in [0.15, 0.2) is 0 Å². The second kappa shape index (κ2) is 4.75. The van der Waals surface area contributed by atoms with E-state index in [4.69, 9.17) is 5.26 Å².